The summed E-state index contributed by atoms with van der Waals surface area (Å²) in [5, 5.41) is 1.07. The van der Waals surface area contributed by atoms with Gasteiger partial charge in [-0.2, -0.15) is 0 Å². The van der Waals surface area contributed by atoms with Gasteiger partial charge in [0.15, 0.2) is 0 Å². The van der Waals surface area contributed by atoms with Gasteiger partial charge in [0.2, 0.25) is 0 Å². The number of hydrogen-bond donors (Lipinski definition) is 1. The Morgan fingerprint density at radius 3 is 2.36 bits per heavy atom. The Kier molecular flexibility index (Phi) is 4.08. The molecule has 80 valence electrons. The van der Waals surface area contributed by atoms with Crippen LogP contribution in [0.4, 0.5) is 0 Å². The van der Waals surface area contributed by atoms with Gasteiger partial charge >= 0.3 is 0 Å². The molecule has 0 unspecified atom stereocenters. The average molecular weight is 212 g/mol. The molecule has 14 heavy (non-hydrogen) atoms. The smallest absolute Gasteiger partial charge is 0.107 e. The van der Waals surface area contributed by atoms with Crippen molar-refractivity contribution in [1.82, 2.24) is 4.98 Å². The molecule has 0 radical (unpaired) electrons. The van der Waals surface area contributed by atoms with E-state index in [0.717, 1.165) is 11.4 Å². The lowest BCUT2D eigenvalue weighted by molar-refractivity contribution is 0.628. The van der Waals surface area contributed by atoms with Crippen LogP contribution in [0.5, 0.6) is 0 Å². The van der Waals surface area contributed by atoms with Crippen molar-refractivity contribution < 1.29 is 0 Å². The van der Waals surface area contributed by atoms with Crippen molar-refractivity contribution in [3.8, 4) is 0 Å². The summed E-state index contributed by atoms with van der Waals surface area (Å²) < 4.78 is 0. The molecule has 1 rings (SSSR count). The first-order chi connectivity index (χ1) is 6.54. The van der Waals surface area contributed by atoms with Crippen LogP contribution < -0.4 is 5.73 Å². The zero-order valence-electron chi connectivity index (χ0n) is 9.50. The van der Waals surface area contributed by atoms with E-state index in [9.17, 15) is 0 Å². The first-order valence-electron chi connectivity index (χ1n) is 5.23. The van der Waals surface area contributed by atoms with Crippen molar-refractivity contribution in [3.63, 3.8) is 0 Å². The second-order valence-corrected chi connectivity index (χ2v) is 5.49. The summed E-state index contributed by atoms with van der Waals surface area (Å²) in [6, 6.07) is 0. The fourth-order valence-electron chi connectivity index (χ4n) is 1.49. The van der Waals surface area contributed by atoms with E-state index in [4.69, 9.17) is 5.73 Å². The van der Waals surface area contributed by atoms with Crippen LogP contribution in [0.3, 0.4) is 0 Å². The van der Waals surface area contributed by atoms with Gasteiger partial charge in [0.1, 0.15) is 5.01 Å². The van der Waals surface area contributed by atoms with Crippen LogP contribution in [0.1, 0.15) is 49.2 Å². The van der Waals surface area contributed by atoms with Crippen LogP contribution in [0.25, 0.3) is 0 Å². The SMILES string of the molecule is CC(C)Cc1nc(CN)sc1C(C)C. The largest absolute Gasteiger partial charge is 0.325 e. The Morgan fingerprint density at radius 1 is 1.29 bits per heavy atom. The topological polar surface area (TPSA) is 38.9 Å². The molecule has 0 amide bonds. The van der Waals surface area contributed by atoms with Crippen LogP contribution >= 0.6 is 11.3 Å². The van der Waals surface area contributed by atoms with Gasteiger partial charge in [-0.15, -0.1) is 11.3 Å². The fourth-order valence-corrected chi connectivity index (χ4v) is 2.46. The lowest BCUT2D eigenvalue weighted by Crippen LogP contribution is -2.00. The van der Waals surface area contributed by atoms with Gasteiger partial charge in [0.05, 0.1) is 5.69 Å². The molecule has 1 aromatic heterocycles. The third-order valence-electron chi connectivity index (χ3n) is 2.07. The summed E-state index contributed by atoms with van der Waals surface area (Å²) in [6.45, 7) is 9.47. The zero-order chi connectivity index (χ0) is 10.7. The van der Waals surface area contributed by atoms with E-state index in [1.54, 1.807) is 11.3 Å². The maximum atomic E-state index is 5.61. The van der Waals surface area contributed by atoms with Crippen molar-refractivity contribution in [2.45, 2.75) is 46.6 Å². The van der Waals surface area contributed by atoms with E-state index in [-0.39, 0.29) is 0 Å². The minimum Gasteiger partial charge on any atom is -0.325 e. The quantitative estimate of drug-likeness (QED) is 0.833. The Hall–Kier alpha value is -0.410. The van der Waals surface area contributed by atoms with E-state index in [2.05, 4.69) is 32.7 Å². The first kappa shape index (κ1) is 11.7. The molecule has 0 fully saturated rings. The summed E-state index contributed by atoms with van der Waals surface area (Å²) in [4.78, 5) is 6.00. The fraction of sp³-hybridized carbons (Fsp3) is 0.727. The van der Waals surface area contributed by atoms with Crippen LogP contribution in [0.2, 0.25) is 0 Å². The van der Waals surface area contributed by atoms with E-state index < -0.39 is 0 Å². The van der Waals surface area contributed by atoms with Gasteiger partial charge in [-0.1, -0.05) is 27.7 Å². The number of nitrogens with zero attached hydrogens (tertiary/aromatic N) is 1. The molecule has 1 heterocycles. The third-order valence-corrected chi connectivity index (χ3v) is 3.49. The van der Waals surface area contributed by atoms with Gasteiger partial charge in [-0.3, -0.25) is 0 Å². The van der Waals surface area contributed by atoms with Crippen molar-refractivity contribution >= 4 is 11.3 Å². The highest BCUT2D eigenvalue weighted by Gasteiger charge is 2.14. The maximum absolute atomic E-state index is 5.61. The van der Waals surface area contributed by atoms with E-state index >= 15 is 0 Å². The average Bonchev–Trinajstić information content (AvgIpc) is 2.46. The van der Waals surface area contributed by atoms with E-state index in [0.29, 0.717) is 18.4 Å². The highest BCUT2D eigenvalue weighted by Crippen LogP contribution is 2.28. The predicted octanol–water partition coefficient (Wildman–Crippen LogP) is 2.92. The van der Waals surface area contributed by atoms with Crippen molar-refractivity contribution in [1.29, 1.82) is 0 Å². The molecule has 0 saturated heterocycles. The molecule has 0 aromatic carbocycles. The minimum absolute atomic E-state index is 0.571. The van der Waals surface area contributed by atoms with Crippen molar-refractivity contribution in [3.05, 3.63) is 15.6 Å². The summed E-state index contributed by atoms with van der Waals surface area (Å²) in [5.74, 6) is 1.24. The summed E-state index contributed by atoms with van der Waals surface area (Å²) >= 11 is 1.77. The Morgan fingerprint density at radius 2 is 1.93 bits per heavy atom. The lowest BCUT2D eigenvalue weighted by atomic mass is 10.0. The lowest BCUT2D eigenvalue weighted by Gasteiger charge is -2.06. The molecule has 2 nitrogen and oxygen atoms in total. The minimum atomic E-state index is 0.571. The Labute approximate surface area is 90.6 Å². The first-order valence-corrected chi connectivity index (χ1v) is 6.04. The molecule has 3 heteroatoms. The maximum Gasteiger partial charge on any atom is 0.107 e. The standard InChI is InChI=1S/C11H20N2S/c1-7(2)5-9-11(8(3)4)14-10(6-12)13-9/h7-8H,5-6,12H2,1-4H3. The second-order valence-electron chi connectivity index (χ2n) is 4.38. The number of aromatic nitrogens is 1. The highest BCUT2D eigenvalue weighted by atomic mass is 32.1. The molecule has 0 bridgehead atoms. The molecule has 0 atom stereocenters. The summed E-state index contributed by atoms with van der Waals surface area (Å²) in [7, 11) is 0. The van der Waals surface area contributed by atoms with Crippen LogP contribution in [-0.2, 0) is 13.0 Å². The zero-order valence-corrected chi connectivity index (χ0v) is 10.3. The molecular weight excluding hydrogens is 192 g/mol. The normalized spacial score (nSPS) is 11.6. The number of thiazole rings is 1. The molecule has 0 saturated carbocycles. The monoisotopic (exact) mass is 212 g/mol. The van der Waals surface area contributed by atoms with Gasteiger partial charge in [-0.05, 0) is 18.3 Å². The van der Waals surface area contributed by atoms with Gasteiger partial charge in [0, 0.05) is 11.4 Å². The predicted molar refractivity (Wildman–Crippen MR) is 62.6 cm³/mol. The Bertz CT molecular complexity index is 289. The molecular formula is C11H20N2S. The second kappa shape index (κ2) is 4.89. The van der Waals surface area contributed by atoms with Gasteiger partial charge < -0.3 is 5.73 Å². The third kappa shape index (κ3) is 2.79. The summed E-state index contributed by atoms with van der Waals surface area (Å²) in [6.07, 6.45) is 1.07. The van der Waals surface area contributed by atoms with Crippen LogP contribution in [0, 0.1) is 5.92 Å². The van der Waals surface area contributed by atoms with E-state index in [1.807, 2.05) is 0 Å². The van der Waals surface area contributed by atoms with Crippen molar-refractivity contribution in [2.24, 2.45) is 11.7 Å². The number of rotatable bonds is 4. The molecule has 0 spiro atoms. The van der Waals surface area contributed by atoms with Crippen LogP contribution in [0.15, 0.2) is 0 Å². The van der Waals surface area contributed by atoms with Crippen molar-refractivity contribution in [2.75, 3.05) is 0 Å². The van der Waals surface area contributed by atoms with Gasteiger partial charge in [0.25, 0.3) is 0 Å². The molecule has 0 aliphatic heterocycles. The molecule has 0 aliphatic rings. The van der Waals surface area contributed by atoms with E-state index in [1.165, 1.54) is 10.6 Å². The molecule has 1 aromatic rings. The van der Waals surface area contributed by atoms with Gasteiger partial charge in [-0.25, -0.2) is 4.98 Å². The Balaban J connectivity index is 2.93. The molecule has 0 aliphatic carbocycles. The summed E-state index contributed by atoms with van der Waals surface area (Å²) in [5.41, 5.74) is 6.88. The highest BCUT2D eigenvalue weighted by molar-refractivity contribution is 7.11. The van der Waals surface area contributed by atoms with Crippen LogP contribution in [-0.4, -0.2) is 4.98 Å². The molecule has 2 N–H and O–H groups in total. The number of nitrogens with two attached hydrogens (primary N) is 1. The number of hydrogen-bond acceptors (Lipinski definition) is 3.